The third-order valence-electron chi connectivity index (χ3n) is 5.32. The maximum absolute atomic E-state index is 13.2. The normalized spacial score (nSPS) is 13.0. The van der Waals surface area contributed by atoms with E-state index in [-0.39, 0.29) is 17.5 Å². The number of thioether (sulfide) groups is 1. The number of unbranched alkanes of at least 4 members (excludes halogenated alkanes) is 3. The van der Waals surface area contributed by atoms with Gasteiger partial charge in [0.05, 0.1) is 12.5 Å². The van der Waals surface area contributed by atoms with Crippen molar-refractivity contribution in [1.82, 2.24) is 0 Å². The molecule has 3 nitrogen and oxygen atoms in total. The van der Waals surface area contributed by atoms with Crippen molar-refractivity contribution < 1.29 is 22.7 Å². The second-order valence-electron chi connectivity index (χ2n) is 8.22. The molecule has 0 radical (unpaired) electrons. The van der Waals surface area contributed by atoms with E-state index in [1.54, 1.807) is 17.8 Å². The minimum Gasteiger partial charge on any atom is -0.465 e. The van der Waals surface area contributed by atoms with Crippen molar-refractivity contribution in [1.29, 1.82) is 0 Å². The molecule has 0 aliphatic heterocycles. The Morgan fingerprint density at radius 3 is 2.47 bits per heavy atom. The lowest BCUT2D eigenvalue weighted by molar-refractivity contribution is -0.147. The first-order chi connectivity index (χ1) is 15.0. The lowest BCUT2D eigenvalue weighted by atomic mass is 10.1. The van der Waals surface area contributed by atoms with Crippen LogP contribution in [-0.2, 0) is 15.7 Å². The number of aryl methyl sites for hydroxylation is 1. The largest absolute Gasteiger partial charge is 0.465 e. The number of halogens is 3. The summed E-state index contributed by atoms with van der Waals surface area (Å²) in [7, 11) is 0. The topological polar surface area (TPSA) is 43.4 Å². The molecule has 1 atom stereocenters. The minimum atomic E-state index is -4.64. The van der Waals surface area contributed by atoms with E-state index in [1.165, 1.54) is 6.92 Å². The van der Waals surface area contributed by atoms with E-state index < -0.39 is 16.5 Å². The number of benzene rings is 1. The molecule has 0 saturated carbocycles. The SMILES string of the molecule is CCC(CCCCCCOC(=O)C(C)C)Sc1ccc2c(C)c(C(F)(F)F)c(=O)sc2c1. The standard InChI is InChI=1S/C24H31F3O3S2/c1-5-17(10-8-6-7-9-13-30-22(28)15(2)3)31-18-11-12-19-16(4)21(24(25,26)27)23(29)32-20(19)14-18/h11-12,14-15,17H,5-10,13H2,1-4H3. The number of alkyl halides is 3. The quantitative estimate of drug-likeness (QED) is 0.185. The van der Waals surface area contributed by atoms with E-state index in [4.69, 9.17) is 4.74 Å². The predicted molar refractivity (Wildman–Crippen MR) is 127 cm³/mol. The van der Waals surface area contributed by atoms with Crippen LogP contribution in [0.5, 0.6) is 0 Å². The lowest BCUT2D eigenvalue weighted by Crippen LogP contribution is -2.18. The highest BCUT2D eigenvalue weighted by molar-refractivity contribution is 8.00. The molecule has 0 amide bonds. The molecular weight excluding hydrogens is 457 g/mol. The van der Waals surface area contributed by atoms with Crippen molar-refractivity contribution in [2.24, 2.45) is 5.92 Å². The van der Waals surface area contributed by atoms with E-state index in [0.29, 0.717) is 33.3 Å². The number of carbonyl (C=O) groups excluding carboxylic acids is 1. The molecule has 0 spiro atoms. The first-order valence-electron chi connectivity index (χ1n) is 11.0. The first-order valence-corrected chi connectivity index (χ1v) is 12.7. The Kier molecular flexibility index (Phi) is 10.1. The molecule has 0 N–H and O–H groups in total. The molecule has 2 rings (SSSR count). The Balaban J connectivity index is 1.91. The number of hydrogen-bond donors (Lipinski definition) is 0. The van der Waals surface area contributed by atoms with Gasteiger partial charge in [0.15, 0.2) is 0 Å². The number of rotatable bonds is 11. The van der Waals surface area contributed by atoms with E-state index >= 15 is 0 Å². The van der Waals surface area contributed by atoms with Gasteiger partial charge in [0.2, 0.25) is 4.74 Å². The Morgan fingerprint density at radius 2 is 1.84 bits per heavy atom. The van der Waals surface area contributed by atoms with Gasteiger partial charge in [-0.3, -0.25) is 9.59 Å². The second kappa shape index (κ2) is 12.1. The highest BCUT2D eigenvalue weighted by Gasteiger charge is 2.36. The number of fused-ring (bicyclic) bond motifs is 1. The molecule has 1 aromatic heterocycles. The summed E-state index contributed by atoms with van der Waals surface area (Å²) in [5, 5.41) is 0.885. The van der Waals surface area contributed by atoms with Crippen molar-refractivity contribution >= 4 is 39.2 Å². The van der Waals surface area contributed by atoms with Gasteiger partial charge in [-0.15, -0.1) is 11.8 Å². The Labute approximate surface area is 195 Å². The number of carbonyl (C=O) groups is 1. The molecule has 1 unspecified atom stereocenters. The summed E-state index contributed by atoms with van der Waals surface area (Å²) >= 11 is 2.38. The maximum atomic E-state index is 13.2. The fraction of sp³-hybridized carbons (Fsp3) is 0.583. The summed E-state index contributed by atoms with van der Waals surface area (Å²) in [6, 6.07) is 5.39. The summed E-state index contributed by atoms with van der Waals surface area (Å²) in [4.78, 5) is 24.5. The number of esters is 1. The lowest BCUT2D eigenvalue weighted by Gasteiger charge is -2.16. The van der Waals surface area contributed by atoms with E-state index in [9.17, 15) is 22.8 Å². The summed E-state index contributed by atoms with van der Waals surface area (Å²) in [6.45, 7) is 7.61. The molecular formula is C24H31F3O3S2. The fourth-order valence-corrected chi connectivity index (χ4v) is 5.77. The van der Waals surface area contributed by atoms with E-state index in [0.717, 1.165) is 43.4 Å². The van der Waals surface area contributed by atoms with Crippen molar-refractivity contribution in [2.45, 2.75) is 82.5 Å². The average molecular weight is 489 g/mol. The van der Waals surface area contributed by atoms with Crippen LogP contribution in [0.1, 0.15) is 70.4 Å². The van der Waals surface area contributed by atoms with Crippen LogP contribution in [0, 0.1) is 12.8 Å². The van der Waals surface area contributed by atoms with Crippen molar-refractivity contribution in [3.8, 4) is 0 Å². The molecule has 178 valence electrons. The van der Waals surface area contributed by atoms with Crippen LogP contribution >= 0.6 is 23.1 Å². The smallest absolute Gasteiger partial charge is 0.421 e. The van der Waals surface area contributed by atoms with Crippen molar-refractivity contribution in [2.75, 3.05) is 6.61 Å². The van der Waals surface area contributed by atoms with Crippen LogP contribution in [0.25, 0.3) is 10.1 Å². The fourth-order valence-electron chi connectivity index (χ4n) is 3.44. The summed E-state index contributed by atoms with van der Waals surface area (Å²) in [6.07, 6.45) is 1.39. The van der Waals surface area contributed by atoms with Crippen LogP contribution in [-0.4, -0.2) is 17.8 Å². The summed E-state index contributed by atoms with van der Waals surface area (Å²) in [5.74, 6) is -0.248. The molecule has 8 heteroatoms. The molecule has 0 bridgehead atoms. The molecule has 2 aromatic rings. The van der Waals surface area contributed by atoms with Crippen LogP contribution in [0.15, 0.2) is 27.9 Å². The van der Waals surface area contributed by atoms with Gasteiger partial charge in [0, 0.05) is 14.8 Å². The van der Waals surface area contributed by atoms with E-state index in [1.807, 2.05) is 26.0 Å². The number of hydrogen-bond acceptors (Lipinski definition) is 5. The van der Waals surface area contributed by atoms with Crippen LogP contribution in [0.4, 0.5) is 13.2 Å². The first kappa shape index (κ1) is 26.7. The Bertz CT molecular complexity index is 967. The third kappa shape index (κ3) is 7.51. The molecule has 32 heavy (non-hydrogen) atoms. The Morgan fingerprint density at radius 1 is 1.16 bits per heavy atom. The molecule has 1 aromatic carbocycles. The van der Waals surface area contributed by atoms with Crippen LogP contribution in [0.2, 0.25) is 0 Å². The monoisotopic (exact) mass is 488 g/mol. The third-order valence-corrected chi connectivity index (χ3v) is 7.69. The molecule has 0 aliphatic carbocycles. The summed E-state index contributed by atoms with van der Waals surface area (Å²) in [5.41, 5.74) is -1.06. The molecule has 1 heterocycles. The Hall–Kier alpha value is -1.54. The molecule has 0 fully saturated rings. The molecule has 0 saturated heterocycles. The average Bonchev–Trinajstić information content (AvgIpc) is 2.70. The highest BCUT2D eigenvalue weighted by atomic mass is 32.2. The van der Waals surface area contributed by atoms with Gasteiger partial charge in [0.25, 0.3) is 0 Å². The van der Waals surface area contributed by atoms with Gasteiger partial charge in [-0.05, 0) is 49.3 Å². The zero-order valence-corrected chi connectivity index (χ0v) is 20.6. The van der Waals surface area contributed by atoms with Crippen LogP contribution < -0.4 is 4.74 Å². The van der Waals surface area contributed by atoms with Gasteiger partial charge in [-0.2, -0.15) is 13.2 Å². The van der Waals surface area contributed by atoms with Crippen molar-refractivity contribution in [3.05, 3.63) is 38.9 Å². The van der Waals surface area contributed by atoms with Gasteiger partial charge in [-0.1, -0.05) is 57.4 Å². The minimum absolute atomic E-state index is 0.00100. The second-order valence-corrected chi connectivity index (χ2v) is 10.6. The molecule has 0 aliphatic rings. The van der Waals surface area contributed by atoms with Crippen molar-refractivity contribution in [3.63, 3.8) is 0 Å². The van der Waals surface area contributed by atoms with Gasteiger partial charge in [0.1, 0.15) is 5.56 Å². The highest BCUT2D eigenvalue weighted by Crippen LogP contribution is 2.36. The van der Waals surface area contributed by atoms with Crippen LogP contribution in [0.3, 0.4) is 0 Å². The van der Waals surface area contributed by atoms with E-state index in [2.05, 4.69) is 6.92 Å². The summed E-state index contributed by atoms with van der Waals surface area (Å²) < 4.78 is 44.4. The van der Waals surface area contributed by atoms with Gasteiger partial charge >= 0.3 is 12.1 Å². The number of ether oxygens (including phenoxy) is 1. The van der Waals surface area contributed by atoms with Gasteiger partial charge < -0.3 is 4.74 Å². The zero-order chi connectivity index (χ0) is 23.9. The predicted octanol–water partition coefficient (Wildman–Crippen LogP) is 7.61. The zero-order valence-electron chi connectivity index (χ0n) is 19.0. The van der Waals surface area contributed by atoms with Gasteiger partial charge in [-0.25, -0.2) is 0 Å². The maximum Gasteiger partial charge on any atom is 0.421 e.